The Balaban J connectivity index is 0.00000220. The van der Waals surface area contributed by atoms with Crippen molar-refractivity contribution in [2.24, 2.45) is 0 Å². The van der Waals surface area contributed by atoms with Crippen LogP contribution in [0.2, 0.25) is 0 Å². The van der Waals surface area contributed by atoms with Crippen molar-refractivity contribution in [1.82, 2.24) is 4.90 Å². The van der Waals surface area contributed by atoms with Crippen molar-refractivity contribution in [3.05, 3.63) is 0 Å². The summed E-state index contributed by atoms with van der Waals surface area (Å²) in [6, 6.07) is -0.336. The normalized spacial score (nSPS) is 26.0. The first-order valence-corrected chi connectivity index (χ1v) is 7.90. The van der Waals surface area contributed by atoms with Crippen molar-refractivity contribution in [2.75, 3.05) is 26.3 Å². The van der Waals surface area contributed by atoms with Crippen LogP contribution in [-0.4, -0.2) is 60.5 Å². The Bertz CT molecular complexity index is 302. The van der Waals surface area contributed by atoms with Gasteiger partial charge in [0, 0.05) is 19.7 Å². The second-order valence-corrected chi connectivity index (χ2v) is 5.82. The van der Waals surface area contributed by atoms with Gasteiger partial charge < -0.3 is 14.6 Å². The smallest absolute Gasteiger partial charge is 0.320 e. The first-order valence-electron chi connectivity index (χ1n) is 7.90. The predicted molar refractivity (Wildman–Crippen MR) is 83.1 cm³/mol. The van der Waals surface area contributed by atoms with E-state index >= 15 is 0 Å². The standard InChI is InChI=1S/C15H27NO4.ClH/c1-2-14(15(17)18)16-8-6-12(7-9-16)20-11-13-5-3-4-10-19-13;/h12-14H,2-11H2,1H3,(H,17,18);1H. The topological polar surface area (TPSA) is 59.0 Å². The third kappa shape index (κ3) is 5.74. The molecular weight excluding hydrogens is 294 g/mol. The summed E-state index contributed by atoms with van der Waals surface area (Å²) in [6.07, 6.45) is 6.57. The molecule has 21 heavy (non-hydrogen) atoms. The first kappa shape index (κ1) is 18.7. The number of likely N-dealkylation sites (tertiary alicyclic amines) is 1. The molecule has 0 amide bonds. The highest BCUT2D eigenvalue weighted by Gasteiger charge is 2.29. The minimum absolute atomic E-state index is 0. The van der Waals surface area contributed by atoms with Gasteiger partial charge >= 0.3 is 5.97 Å². The molecule has 0 spiro atoms. The molecule has 0 bridgehead atoms. The average Bonchev–Trinajstić information content (AvgIpc) is 2.48. The Morgan fingerprint density at radius 2 is 2.05 bits per heavy atom. The summed E-state index contributed by atoms with van der Waals surface area (Å²) in [5.41, 5.74) is 0. The van der Waals surface area contributed by atoms with Gasteiger partial charge in [0.05, 0.1) is 18.8 Å². The zero-order valence-corrected chi connectivity index (χ0v) is 13.6. The van der Waals surface area contributed by atoms with Gasteiger partial charge in [0.2, 0.25) is 0 Å². The fourth-order valence-electron chi connectivity index (χ4n) is 3.13. The quantitative estimate of drug-likeness (QED) is 0.813. The molecule has 2 heterocycles. The Labute approximate surface area is 133 Å². The first-order chi connectivity index (χ1) is 9.70. The summed E-state index contributed by atoms with van der Waals surface area (Å²) in [6.45, 7) is 5.13. The van der Waals surface area contributed by atoms with Crippen LogP contribution in [0.4, 0.5) is 0 Å². The molecule has 5 nitrogen and oxygen atoms in total. The van der Waals surface area contributed by atoms with Crippen LogP contribution < -0.4 is 0 Å². The number of carbonyl (C=O) groups is 1. The van der Waals surface area contributed by atoms with Gasteiger partial charge in [0.15, 0.2) is 0 Å². The molecule has 1 N–H and O–H groups in total. The largest absolute Gasteiger partial charge is 0.480 e. The van der Waals surface area contributed by atoms with Crippen molar-refractivity contribution in [2.45, 2.75) is 63.7 Å². The van der Waals surface area contributed by atoms with Crippen molar-refractivity contribution >= 4 is 18.4 Å². The lowest BCUT2D eigenvalue weighted by molar-refractivity contribution is -0.145. The summed E-state index contributed by atoms with van der Waals surface area (Å²) in [4.78, 5) is 13.2. The van der Waals surface area contributed by atoms with E-state index in [1.165, 1.54) is 12.8 Å². The van der Waals surface area contributed by atoms with Crippen LogP contribution in [0.5, 0.6) is 0 Å². The minimum atomic E-state index is -0.706. The van der Waals surface area contributed by atoms with Gasteiger partial charge in [-0.3, -0.25) is 9.69 Å². The maximum absolute atomic E-state index is 11.2. The highest BCUT2D eigenvalue weighted by Crippen LogP contribution is 2.19. The molecule has 0 aromatic heterocycles. The summed E-state index contributed by atoms with van der Waals surface area (Å²) in [7, 11) is 0. The number of hydrogen-bond acceptors (Lipinski definition) is 4. The fourth-order valence-corrected chi connectivity index (χ4v) is 3.13. The van der Waals surface area contributed by atoms with Crippen LogP contribution in [0, 0.1) is 0 Å². The molecule has 2 rings (SSSR count). The van der Waals surface area contributed by atoms with Gasteiger partial charge in [-0.25, -0.2) is 0 Å². The van der Waals surface area contributed by atoms with E-state index in [0.717, 1.165) is 39.0 Å². The lowest BCUT2D eigenvalue weighted by Crippen LogP contribution is -2.47. The maximum atomic E-state index is 11.2. The van der Waals surface area contributed by atoms with E-state index in [4.69, 9.17) is 9.47 Å². The van der Waals surface area contributed by atoms with Crippen LogP contribution in [-0.2, 0) is 14.3 Å². The molecule has 2 unspecified atom stereocenters. The predicted octanol–water partition coefficient (Wildman–Crippen LogP) is 2.32. The maximum Gasteiger partial charge on any atom is 0.320 e. The van der Waals surface area contributed by atoms with E-state index < -0.39 is 5.97 Å². The third-order valence-corrected chi connectivity index (χ3v) is 4.38. The number of ether oxygens (including phenoxy) is 2. The van der Waals surface area contributed by atoms with E-state index in [1.807, 2.05) is 6.92 Å². The number of nitrogens with zero attached hydrogens (tertiary/aromatic N) is 1. The van der Waals surface area contributed by atoms with E-state index in [-0.39, 0.29) is 30.7 Å². The van der Waals surface area contributed by atoms with Crippen molar-refractivity contribution in [3.63, 3.8) is 0 Å². The number of hydrogen-bond donors (Lipinski definition) is 1. The molecule has 0 aliphatic carbocycles. The zero-order valence-electron chi connectivity index (χ0n) is 12.8. The molecule has 124 valence electrons. The molecule has 0 aromatic rings. The molecule has 2 fully saturated rings. The van der Waals surface area contributed by atoms with Crippen molar-refractivity contribution in [3.8, 4) is 0 Å². The molecule has 2 atom stereocenters. The van der Waals surface area contributed by atoms with Crippen LogP contribution in [0.1, 0.15) is 45.4 Å². The number of halogens is 1. The number of carboxylic acids is 1. The molecule has 0 saturated carbocycles. The second kappa shape index (κ2) is 9.62. The van der Waals surface area contributed by atoms with Gasteiger partial charge in [-0.05, 0) is 38.5 Å². The Hall–Kier alpha value is -0.360. The van der Waals surface area contributed by atoms with Gasteiger partial charge in [-0.15, -0.1) is 12.4 Å². The Morgan fingerprint density at radius 1 is 1.33 bits per heavy atom. The molecule has 6 heteroatoms. The molecule has 0 aromatic carbocycles. The van der Waals surface area contributed by atoms with Crippen LogP contribution in [0.15, 0.2) is 0 Å². The van der Waals surface area contributed by atoms with Gasteiger partial charge in [0.25, 0.3) is 0 Å². The summed E-state index contributed by atoms with van der Waals surface area (Å²) in [5.74, 6) is -0.706. The van der Waals surface area contributed by atoms with E-state index in [1.54, 1.807) is 0 Å². The molecule has 2 aliphatic heterocycles. The van der Waals surface area contributed by atoms with Crippen LogP contribution >= 0.6 is 12.4 Å². The van der Waals surface area contributed by atoms with E-state index in [9.17, 15) is 9.90 Å². The van der Waals surface area contributed by atoms with Gasteiger partial charge in [0.1, 0.15) is 6.04 Å². The minimum Gasteiger partial charge on any atom is -0.480 e. The molecule has 0 radical (unpaired) electrons. The lowest BCUT2D eigenvalue weighted by Gasteiger charge is -2.35. The van der Waals surface area contributed by atoms with E-state index in [2.05, 4.69) is 4.90 Å². The Morgan fingerprint density at radius 3 is 2.57 bits per heavy atom. The van der Waals surface area contributed by atoms with Crippen molar-refractivity contribution in [1.29, 1.82) is 0 Å². The van der Waals surface area contributed by atoms with Gasteiger partial charge in [-0.1, -0.05) is 6.92 Å². The third-order valence-electron chi connectivity index (χ3n) is 4.38. The fraction of sp³-hybridized carbons (Fsp3) is 0.933. The lowest BCUT2D eigenvalue weighted by atomic mass is 10.0. The SMILES string of the molecule is CCC(C(=O)O)N1CCC(OCC2CCCCO2)CC1.Cl. The molecule has 2 saturated heterocycles. The molecule has 2 aliphatic rings. The molecular formula is C15H28ClNO4. The number of piperidine rings is 1. The van der Waals surface area contributed by atoms with Gasteiger partial charge in [-0.2, -0.15) is 0 Å². The van der Waals surface area contributed by atoms with Crippen LogP contribution in [0.3, 0.4) is 0 Å². The number of carboxylic acid groups (broad SMARTS) is 1. The highest BCUT2D eigenvalue weighted by atomic mass is 35.5. The average molecular weight is 322 g/mol. The monoisotopic (exact) mass is 321 g/mol. The summed E-state index contributed by atoms with van der Waals surface area (Å²) < 4.78 is 11.6. The summed E-state index contributed by atoms with van der Waals surface area (Å²) in [5, 5.41) is 9.18. The highest BCUT2D eigenvalue weighted by molar-refractivity contribution is 5.85. The van der Waals surface area contributed by atoms with Crippen LogP contribution in [0.25, 0.3) is 0 Å². The van der Waals surface area contributed by atoms with E-state index in [0.29, 0.717) is 13.0 Å². The number of rotatable bonds is 6. The Kier molecular flexibility index (Phi) is 8.56. The van der Waals surface area contributed by atoms with Crippen molar-refractivity contribution < 1.29 is 19.4 Å². The summed E-state index contributed by atoms with van der Waals surface area (Å²) >= 11 is 0. The zero-order chi connectivity index (χ0) is 14.4. The second-order valence-electron chi connectivity index (χ2n) is 5.82. The number of aliphatic carboxylic acids is 1.